The summed E-state index contributed by atoms with van der Waals surface area (Å²) in [5.41, 5.74) is 5.58. The van der Waals surface area contributed by atoms with Crippen LogP contribution in [-0.4, -0.2) is 70.0 Å². The summed E-state index contributed by atoms with van der Waals surface area (Å²) in [4.78, 5) is 27.1. The van der Waals surface area contributed by atoms with Crippen LogP contribution in [0.2, 0.25) is 5.02 Å². The maximum absolute atomic E-state index is 14.2. The van der Waals surface area contributed by atoms with Gasteiger partial charge >= 0.3 is 6.03 Å². The van der Waals surface area contributed by atoms with Gasteiger partial charge in [0.1, 0.15) is 24.0 Å². The molecule has 2 aliphatic heterocycles. The largest absolute Gasteiger partial charge is 0.491 e. The van der Waals surface area contributed by atoms with E-state index < -0.39 is 0 Å². The van der Waals surface area contributed by atoms with E-state index in [0.29, 0.717) is 63.0 Å². The third-order valence-corrected chi connectivity index (χ3v) is 7.68. The summed E-state index contributed by atoms with van der Waals surface area (Å²) in [6, 6.07) is 17.1. The Bertz CT molecular complexity index is 1480. The quantitative estimate of drug-likeness (QED) is 0.380. The Hall–Kier alpha value is -3.62. The van der Waals surface area contributed by atoms with Crippen LogP contribution < -0.4 is 4.74 Å². The van der Waals surface area contributed by atoms with E-state index in [2.05, 4.69) is 39.1 Å². The van der Waals surface area contributed by atoms with E-state index in [4.69, 9.17) is 16.3 Å². The Labute approximate surface area is 225 Å². The molecule has 3 aromatic carbocycles. The normalized spacial score (nSPS) is 16.3. The molecule has 6 rings (SSSR count). The lowest BCUT2D eigenvalue weighted by molar-refractivity contribution is 0.105. The van der Waals surface area contributed by atoms with Crippen LogP contribution in [-0.2, 0) is 13.1 Å². The number of urea groups is 1. The predicted octanol–water partition coefficient (Wildman–Crippen LogP) is 5.46. The average Bonchev–Trinajstić information content (AvgIpc) is 3.16. The number of nitrogens with zero attached hydrogens (tertiary/aromatic N) is 4. The molecule has 0 saturated carbocycles. The first-order chi connectivity index (χ1) is 18.4. The van der Waals surface area contributed by atoms with Crippen molar-refractivity contribution in [1.82, 2.24) is 24.7 Å². The number of rotatable bonds is 3. The van der Waals surface area contributed by atoms with Gasteiger partial charge in [0.25, 0.3) is 0 Å². The standard InChI is InChI=1S/C29H29ClFN5O2/c1-19-32-26-7-5-21(16-27(26)33-19)20-6-8-28-22(15-20)17-36(13-14-38-28)29(37)35-11-9-34(10-12-35)18-23-24(30)3-2-4-25(23)31/h2-8,15-16H,9-14,17-18H2,1H3,(H,32,33). The first-order valence-corrected chi connectivity index (χ1v) is 13.2. The van der Waals surface area contributed by atoms with Crippen molar-refractivity contribution < 1.29 is 13.9 Å². The molecule has 0 aliphatic carbocycles. The van der Waals surface area contributed by atoms with Crippen molar-refractivity contribution in [3.63, 3.8) is 0 Å². The molecule has 1 aromatic heterocycles. The van der Waals surface area contributed by atoms with Crippen LogP contribution in [0.25, 0.3) is 22.2 Å². The van der Waals surface area contributed by atoms with Crippen LogP contribution in [0.1, 0.15) is 17.0 Å². The highest BCUT2D eigenvalue weighted by molar-refractivity contribution is 6.31. The molecule has 0 spiro atoms. The first-order valence-electron chi connectivity index (χ1n) is 12.9. The number of hydrogen-bond acceptors (Lipinski definition) is 4. The number of aryl methyl sites for hydroxylation is 1. The second-order valence-corrected chi connectivity index (χ2v) is 10.3. The lowest BCUT2D eigenvalue weighted by atomic mass is 10.0. The molecule has 7 nitrogen and oxygen atoms in total. The summed E-state index contributed by atoms with van der Waals surface area (Å²) < 4.78 is 20.2. The second-order valence-electron chi connectivity index (χ2n) is 9.89. The molecule has 2 amide bonds. The Morgan fingerprint density at radius 1 is 1.03 bits per heavy atom. The van der Waals surface area contributed by atoms with E-state index >= 15 is 0 Å². The van der Waals surface area contributed by atoms with Crippen molar-refractivity contribution in [2.75, 3.05) is 39.3 Å². The molecule has 0 unspecified atom stereocenters. The molecule has 0 atom stereocenters. The molecular weight excluding hydrogens is 505 g/mol. The van der Waals surface area contributed by atoms with Gasteiger partial charge in [0.2, 0.25) is 0 Å². The van der Waals surface area contributed by atoms with E-state index in [-0.39, 0.29) is 11.8 Å². The monoisotopic (exact) mass is 533 g/mol. The number of hydrogen-bond donors (Lipinski definition) is 1. The molecule has 0 radical (unpaired) electrons. The topological polar surface area (TPSA) is 64.7 Å². The molecule has 3 heterocycles. The Morgan fingerprint density at radius 3 is 2.63 bits per heavy atom. The van der Waals surface area contributed by atoms with Gasteiger partial charge in [-0.2, -0.15) is 0 Å². The van der Waals surface area contributed by atoms with Gasteiger partial charge in [-0.15, -0.1) is 0 Å². The summed E-state index contributed by atoms with van der Waals surface area (Å²) in [6.45, 7) is 6.33. The number of amides is 2. The minimum atomic E-state index is -0.293. The number of carbonyl (C=O) groups is 1. The number of carbonyl (C=O) groups excluding carboxylic acids is 1. The Kier molecular flexibility index (Phi) is 6.68. The van der Waals surface area contributed by atoms with Gasteiger partial charge in [0.05, 0.1) is 24.1 Å². The number of aromatic nitrogens is 2. The summed E-state index contributed by atoms with van der Waals surface area (Å²) in [6.07, 6.45) is 0. The highest BCUT2D eigenvalue weighted by Crippen LogP contribution is 2.31. The van der Waals surface area contributed by atoms with Crippen LogP contribution in [0.15, 0.2) is 54.6 Å². The maximum atomic E-state index is 14.2. The van der Waals surface area contributed by atoms with Gasteiger partial charge in [-0.05, 0) is 54.4 Å². The number of piperazine rings is 1. The third-order valence-electron chi connectivity index (χ3n) is 7.33. The fourth-order valence-electron chi connectivity index (χ4n) is 5.26. The van der Waals surface area contributed by atoms with E-state index in [1.807, 2.05) is 28.9 Å². The van der Waals surface area contributed by atoms with E-state index in [1.54, 1.807) is 12.1 Å². The fourth-order valence-corrected chi connectivity index (χ4v) is 5.48. The number of benzene rings is 3. The van der Waals surface area contributed by atoms with Crippen molar-refractivity contribution in [3.05, 3.63) is 82.4 Å². The van der Waals surface area contributed by atoms with Crippen LogP contribution in [0.3, 0.4) is 0 Å². The average molecular weight is 534 g/mol. The molecule has 2 aliphatic rings. The highest BCUT2D eigenvalue weighted by atomic mass is 35.5. The molecule has 4 aromatic rings. The zero-order chi connectivity index (χ0) is 26.2. The number of imidazole rings is 1. The van der Waals surface area contributed by atoms with Crippen LogP contribution >= 0.6 is 11.6 Å². The number of H-pyrrole nitrogens is 1. The molecule has 0 bridgehead atoms. The number of nitrogens with one attached hydrogen (secondary N) is 1. The van der Waals surface area contributed by atoms with E-state index in [0.717, 1.165) is 39.3 Å². The van der Waals surface area contributed by atoms with Crippen molar-refractivity contribution >= 4 is 28.7 Å². The van der Waals surface area contributed by atoms with Crippen molar-refractivity contribution in [1.29, 1.82) is 0 Å². The molecule has 1 saturated heterocycles. The van der Waals surface area contributed by atoms with E-state index in [1.165, 1.54) is 6.07 Å². The number of aromatic amines is 1. The SMILES string of the molecule is Cc1nc2ccc(-c3ccc4c(c3)CN(C(=O)N3CCN(Cc5c(F)cccc5Cl)CC3)CCO4)cc2[nH]1. The zero-order valence-corrected chi connectivity index (χ0v) is 22.0. The van der Waals surface area contributed by atoms with Gasteiger partial charge in [-0.3, -0.25) is 4.90 Å². The third kappa shape index (κ3) is 4.93. The summed E-state index contributed by atoms with van der Waals surface area (Å²) in [5, 5.41) is 0.436. The minimum Gasteiger partial charge on any atom is -0.491 e. The molecule has 1 N–H and O–H groups in total. The van der Waals surface area contributed by atoms with Gasteiger partial charge < -0.3 is 19.5 Å². The maximum Gasteiger partial charge on any atom is 0.320 e. The van der Waals surface area contributed by atoms with Gasteiger partial charge in [0.15, 0.2) is 0 Å². The smallest absolute Gasteiger partial charge is 0.320 e. The predicted molar refractivity (Wildman–Crippen MR) is 146 cm³/mol. The first kappa shape index (κ1) is 24.7. The Balaban J connectivity index is 1.13. The van der Waals surface area contributed by atoms with Crippen molar-refractivity contribution in [3.8, 4) is 16.9 Å². The van der Waals surface area contributed by atoms with Crippen LogP contribution in [0, 0.1) is 12.7 Å². The van der Waals surface area contributed by atoms with Gasteiger partial charge in [-0.25, -0.2) is 14.2 Å². The summed E-state index contributed by atoms with van der Waals surface area (Å²) in [7, 11) is 0. The van der Waals surface area contributed by atoms with Crippen molar-refractivity contribution in [2.24, 2.45) is 0 Å². The zero-order valence-electron chi connectivity index (χ0n) is 21.2. The number of ether oxygens (including phenoxy) is 1. The molecule has 196 valence electrons. The molecule has 1 fully saturated rings. The van der Waals surface area contributed by atoms with Gasteiger partial charge in [-0.1, -0.05) is 29.8 Å². The molecule has 38 heavy (non-hydrogen) atoms. The van der Waals surface area contributed by atoms with Gasteiger partial charge in [0, 0.05) is 48.9 Å². The second kappa shape index (κ2) is 10.3. The van der Waals surface area contributed by atoms with Crippen LogP contribution in [0.5, 0.6) is 5.75 Å². The van der Waals surface area contributed by atoms with E-state index in [9.17, 15) is 9.18 Å². The summed E-state index contributed by atoms with van der Waals surface area (Å²) in [5.74, 6) is 1.41. The highest BCUT2D eigenvalue weighted by Gasteiger charge is 2.28. The number of fused-ring (bicyclic) bond motifs is 2. The fraction of sp³-hybridized carbons (Fsp3) is 0.310. The lowest BCUT2D eigenvalue weighted by Gasteiger charge is -2.37. The number of halogens is 2. The Morgan fingerprint density at radius 2 is 1.82 bits per heavy atom. The lowest BCUT2D eigenvalue weighted by Crippen LogP contribution is -2.52. The van der Waals surface area contributed by atoms with Crippen LogP contribution in [0.4, 0.5) is 9.18 Å². The minimum absolute atomic E-state index is 0.00443. The van der Waals surface area contributed by atoms with Crippen molar-refractivity contribution in [2.45, 2.75) is 20.0 Å². The molecular formula is C29H29ClFN5O2. The summed E-state index contributed by atoms with van der Waals surface area (Å²) >= 11 is 6.21. The molecule has 9 heteroatoms.